The highest BCUT2D eigenvalue weighted by Gasteiger charge is 2.30. The summed E-state index contributed by atoms with van der Waals surface area (Å²) >= 11 is 0. The number of rotatable bonds is 4. The van der Waals surface area contributed by atoms with Gasteiger partial charge in [-0.15, -0.1) is 0 Å². The maximum atomic E-state index is 13.0. The molecular formula is C23H26N6O2. The van der Waals surface area contributed by atoms with Crippen molar-refractivity contribution in [1.82, 2.24) is 25.0 Å². The second kappa shape index (κ2) is 8.45. The van der Waals surface area contributed by atoms with E-state index < -0.39 is 0 Å². The molecule has 5 rings (SSSR count). The van der Waals surface area contributed by atoms with Gasteiger partial charge in [0.2, 0.25) is 5.95 Å². The number of amides is 1. The fourth-order valence-electron chi connectivity index (χ4n) is 4.50. The van der Waals surface area contributed by atoms with Crippen LogP contribution in [0.3, 0.4) is 0 Å². The van der Waals surface area contributed by atoms with E-state index in [0.717, 1.165) is 55.4 Å². The molecule has 0 aliphatic carbocycles. The molecule has 0 saturated carbocycles. The van der Waals surface area contributed by atoms with Crippen molar-refractivity contribution in [3.8, 4) is 11.3 Å². The predicted octanol–water partition coefficient (Wildman–Crippen LogP) is 3.46. The zero-order valence-electron chi connectivity index (χ0n) is 17.7. The Kier molecular flexibility index (Phi) is 5.36. The molecule has 0 aromatic carbocycles. The van der Waals surface area contributed by atoms with Crippen molar-refractivity contribution in [3.63, 3.8) is 0 Å². The van der Waals surface area contributed by atoms with E-state index in [2.05, 4.69) is 20.0 Å². The molecule has 1 atom stereocenters. The molecule has 0 N–H and O–H groups in total. The summed E-state index contributed by atoms with van der Waals surface area (Å²) in [6.07, 6.45) is 9.39. The highest BCUT2D eigenvalue weighted by Crippen LogP contribution is 2.35. The predicted molar refractivity (Wildman–Crippen MR) is 116 cm³/mol. The van der Waals surface area contributed by atoms with Crippen molar-refractivity contribution in [3.05, 3.63) is 53.7 Å². The average Bonchev–Trinajstić information content (AvgIpc) is 3.51. The van der Waals surface area contributed by atoms with Gasteiger partial charge in [0.15, 0.2) is 5.76 Å². The third-order valence-corrected chi connectivity index (χ3v) is 6.09. The molecule has 2 aliphatic heterocycles. The summed E-state index contributed by atoms with van der Waals surface area (Å²) in [5.41, 5.74) is 3.25. The van der Waals surface area contributed by atoms with Crippen LogP contribution in [0.15, 0.2) is 41.3 Å². The quantitative estimate of drug-likeness (QED) is 0.641. The highest BCUT2D eigenvalue weighted by atomic mass is 16.5. The maximum Gasteiger partial charge on any atom is 0.255 e. The van der Waals surface area contributed by atoms with Crippen LogP contribution in [0.1, 0.15) is 53.3 Å². The highest BCUT2D eigenvalue weighted by molar-refractivity contribution is 5.94. The molecule has 2 saturated heterocycles. The molecule has 3 aromatic heterocycles. The fourth-order valence-corrected chi connectivity index (χ4v) is 4.50. The molecule has 8 nitrogen and oxygen atoms in total. The maximum absolute atomic E-state index is 13.0. The molecule has 8 heteroatoms. The molecule has 1 amide bonds. The zero-order valence-corrected chi connectivity index (χ0v) is 17.7. The monoisotopic (exact) mass is 418 g/mol. The van der Waals surface area contributed by atoms with E-state index in [4.69, 9.17) is 9.51 Å². The Labute approximate surface area is 181 Å². The number of carbonyl (C=O) groups excluding carboxylic acids is 1. The molecule has 0 bridgehead atoms. The van der Waals surface area contributed by atoms with Crippen molar-refractivity contribution >= 4 is 11.9 Å². The number of pyridine rings is 1. The van der Waals surface area contributed by atoms with E-state index >= 15 is 0 Å². The Morgan fingerprint density at radius 3 is 2.77 bits per heavy atom. The number of anilines is 1. The minimum Gasteiger partial charge on any atom is -0.356 e. The van der Waals surface area contributed by atoms with Crippen molar-refractivity contribution in [2.75, 3.05) is 31.1 Å². The average molecular weight is 419 g/mol. The van der Waals surface area contributed by atoms with Gasteiger partial charge in [-0.25, -0.2) is 9.97 Å². The van der Waals surface area contributed by atoms with E-state index in [1.165, 1.54) is 12.8 Å². The number of piperidine rings is 1. The number of hydrogen-bond donors (Lipinski definition) is 0. The third-order valence-electron chi connectivity index (χ3n) is 6.09. The van der Waals surface area contributed by atoms with Gasteiger partial charge in [-0.2, -0.15) is 0 Å². The van der Waals surface area contributed by atoms with E-state index in [1.54, 1.807) is 18.5 Å². The minimum atomic E-state index is 0.0173. The summed E-state index contributed by atoms with van der Waals surface area (Å²) in [7, 11) is 0. The number of hydrogen-bond acceptors (Lipinski definition) is 7. The lowest BCUT2D eigenvalue weighted by molar-refractivity contribution is 0.0705. The molecule has 2 aliphatic rings. The summed E-state index contributed by atoms with van der Waals surface area (Å²) in [4.78, 5) is 30.9. The first-order chi connectivity index (χ1) is 15.2. The van der Waals surface area contributed by atoms with Gasteiger partial charge >= 0.3 is 0 Å². The van der Waals surface area contributed by atoms with Gasteiger partial charge in [-0.05, 0) is 44.7 Å². The normalized spacial score (nSPS) is 19.1. The molecule has 5 heterocycles. The Morgan fingerprint density at radius 1 is 1.16 bits per heavy atom. The summed E-state index contributed by atoms with van der Waals surface area (Å²) in [5, 5.41) is 4.05. The molecular weight excluding hydrogens is 392 g/mol. The van der Waals surface area contributed by atoms with Crippen molar-refractivity contribution in [1.29, 1.82) is 0 Å². The van der Waals surface area contributed by atoms with Crippen LogP contribution >= 0.6 is 0 Å². The minimum absolute atomic E-state index is 0.0173. The number of carbonyl (C=O) groups is 1. The molecule has 31 heavy (non-hydrogen) atoms. The molecule has 0 unspecified atom stereocenters. The van der Waals surface area contributed by atoms with E-state index in [9.17, 15) is 4.79 Å². The molecule has 160 valence electrons. The SMILES string of the molecule is Cc1cc(-c2cnc(N3CCCC3)nc2[C@H]2CCCN(C(=O)c3cccnc3)C2)on1. The second-order valence-corrected chi connectivity index (χ2v) is 8.33. The topological polar surface area (TPSA) is 88.3 Å². The van der Waals surface area contributed by atoms with Crippen molar-refractivity contribution in [2.45, 2.75) is 38.5 Å². The number of aryl methyl sites for hydroxylation is 1. The van der Waals surface area contributed by atoms with Crippen LogP contribution in [0, 0.1) is 6.92 Å². The van der Waals surface area contributed by atoms with Gasteiger partial charge in [-0.1, -0.05) is 5.16 Å². The van der Waals surface area contributed by atoms with Crippen LogP contribution < -0.4 is 4.90 Å². The van der Waals surface area contributed by atoms with Gasteiger partial charge in [-0.3, -0.25) is 9.78 Å². The molecule has 2 fully saturated rings. The summed E-state index contributed by atoms with van der Waals surface area (Å²) in [6.45, 7) is 5.23. The lowest BCUT2D eigenvalue weighted by atomic mass is 9.91. The second-order valence-electron chi connectivity index (χ2n) is 8.33. The largest absolute Gasteiger partial charge is 0.356 e. The first-order valence-corrected chi connectivity index (χ1v) is 10.9. The number of nitrogens with zero attached hydrogens (tertiary/aromatic N) is 6. The molecule has 3 aromatic rings. The van der Waals surface area contributed by atoms with Crippen molar-refractivity contribution < 1.29 is 9.32 Å². The van der Waals surface area contributed by atoms with Crippen LogP contribution in [0.2, 0.25) is 0 Å². The summed E-state index contributed by atoms with van der Waals surface area (Å²) < 4.78 is 5.56. The number of aromatic nitrogens is 4. The lowest BCUT2D eigenvalue weighted by Gasteiger charge is -2.33. The van der Waals surface area contributed by atoms with E-state index in [1.807, 2.05) is 30.2 Å². The van der Waals surface area contributed by atoms with Gasteiger partial charge < -0.3 is 14.3 Å². The van der Waals surface area contributed by atoms with Gasteiger partial charge in [0.1, 0.15) is 0 Å². The Morgan fingerprint density at radius 2 is 2.03 bits per heavy atom. The smallest absolute Gasteiger partial charge is 0.255 e. The lowest BCUT2D eigenvalue weighted by Crippen LogP contribution is -2.39. The van der Waals surface area contributed by atoms with Gasteiger partial charge in [0.25, 0.3) is 5.91 Å². The molecule has 0 radical (unpaired) electrons. The Hall–Kier alpha value is -3.29. The Balaban J connectivity index is 1.48. The van der Waals surface area contributed by atoms with Crippen LogP contribution in [0.5, 0.6) is 0 Å². The Bertz CT molecular complexity index is 1060. The van der Waals surface area contributed by atoms with Crippen LogP contribution in [0.25, 0.3) is 11.3 Å². The molecule has 0 spiro atoms. The van der Waals surface area contributed by atoms with Gasteiger partial charge in [0, 0.05) is 56.8 Å². The van der Waals surface area contributed by atoms with Crippen molar-refractivity contribution in [2.24, 2.45) is 0 Å². The first kappa shape index (κ1) is 19.7. The number of likely N-dealkylation sites (tertiary alicyclic amines) is 1. The van der Waals surface area contributed by atoms with Gasteiger partial charge in [0.05, 0.1) is 22.5 Å². The first-order valence-electron chi connectivity index (χ1n) is 10.9. The van der Waals surface area contributed by atoms with Crippen LogP contribution in [-0.4, -0.2) is 57.1 Å². The van der Waals surface area contributed by atoms with Crippen LogP contribution in [-0.2, 0) is 0 Å². The third kappa shape index (κ3) is 4.02. The standard InChI is InChI=1S/C23H26N6O2/c1-16-12-20(31-27-16)19-14-25-23(28-9-2-3-10-28)26-21(19)18-7-5-11-29(15-18)22(30)17-6-4-8-24-13-17/h4,6,8,12-14,18H,2-3,5,7,9-11,15H2,1H3/t18-/m0/s1. The zero-order chi connectivity index (χ0) is 21.2. The fraction of sp³-hybridized carbons (Fsp3) is 0.435. The summed E-state index contributed by atoms with van der Waals surface area (Å²) in [5.74, 6) is 1.57. The van der Waals surface area contributed by atoms with E-state index in [0.29, 0.717) is 17.9 Å². The summed E-state index contributed by atoms with van der Waals surface area (Å²) in [6, 6.07) is 5.53. The van der Waals surface area contributed by atoms with Crippen LogP contribution in [0.4, 0.5) is 5.95 Å². The van der Waals surface area contributed by atoms with E-state index in [-0.39, 0.29) is 11.8 Å².